The van der Waals surface area contributed by atoms with Crippen molar-refractivity contribution in [1.82, 2.24) is 20.2 Å². The molecule has 1 saturated heterocycles. The summed E-state index contributed by atoms with van der Waals surface area (Å²) < 4.78 is 1.40. The van der Waals surface area contributed by atoms with Crippen LogP contribution in [0.1, 0.15) is 42.6 Å². The zero-order valence-electron chi connectivity index (χ0n) is 15.3. The molecule has 2 heterocycles. The number of rotatable bonds is 10. The minimum absolute atomic E-state index is 0.0879. The quantitative estimate of drug-likeness (QED) is 0.317. The second kappa shape index (κ2) is 10.1. The number of aromatic nitrogens is 2. The monoisotopic (exact) mass is 380 g/mol. The molecule has 0 unspecified atom stereocenters. The van der Waals surface area contributed by atoms with E-state index in [4.69, 9.17) is 11.5 Å². The molecule has 10 heteroatoms. The summed E-state index contributed by atoms with van der Waals surface area (Å²) in [5, 5.41) is 14.8. The highest BCUT2D eigenvalue weighted by molar-refractivity contribution is 5.87. The first-order valence-electron chi connectivity index (χ1n) is 9.21. The van der Waals surface area contributed by atoms with Crippen LogP contribution in [0.4, 0.5) is 0 Å². The maximum absolute atomic E-state index is 12.3. The number of aliphatic carboxylic acids is 1. The van der Waals surface area contributed by atoms with Crippen LogP contribution in [0.15, 0.2) is 12.5 Å². The number of nitrogens with zero attached hydrogens (tertiary/aromatic N) is 2. The van der Waals surface area contributed by atoms with Gasteiger partial charge in [-0.25, -0.2) is 9.78 Å². The Morgan fingerprint density at radius 3 is 2.81 bits per heavy atom. The van der Waals surface area contributed by atoms with E-state index >= 15 is 0 Å². The van der Waals surface area contributed by atoms with Gasteiger partial charge >= 0.3 is 5.97 Å². The highest BCUT2D eigenvalue weighted by atomic mass is 16.4. The Labute approximate surface area is 157 Å². The Hall–Kier alpha value is -2.30. The van der Waals surface area contributed by atoms with E-state index in [2.05, 4.69) is 15.6 Å². The fourth-order valence-electron chi connectivity index (χ4n) is 3.01. The fourth-order valence-corrected chi connectivity index (χ4v) is 3.01. The molecule has 0 saturated carbocycles. The van der Waals surface area contributed by atoms with Crippen molar-refractivity contribution in [2.75, 3.05) is 13.1 Å². The molecular formula is C17H28N6O4. The minimum atomic E-state index is -1.11. The first-order chi connectivity index (χ1) is 12.9. The predicted molar refractivity (Wildman–Crippen MR) is 98.0 cm³/mol. The van der Waals surface area contributed by atoms with Gasteiger partial charge in [-0.05, 0) is 45.2 Å². The van der Waals surface area contributed by atoms with E-state index in [-0.39, 0.29) is 18.4 Å². The van der Waals surface area contributed by atoms with Gasteiger partial charge in [-0.15, -0.1) is 0 Å². The van der Waals surface area contributed by atoms with Crippen LogP contribution >= 0.6 is 0 Å². The Kier molecular flexibility index (Phi) is 7.89. The summed E-state index contributed by atoms with van der Waals surface area (Å²) in [5.74, 6) is -1.75. The average molecular weight is 380 g/mol. The van der Waals surface area contributed by atoms with Crippen LogP contribution in [0.3, 0.4) is 0 Å². The zero-order valence-corrected chi connectivity index (χ0v) is 15.3. The van der Waals surface area contributed by atoms with Crippen LogP contribution in [-0.2, 0) is 16.0 Å². The number of hydrogen-bond acceptors (Lipinski definition) is 7. The summed E-state index contributed by atoms with van der Waals surface area (Å²) in [7, 11) is 0. The number of nitrogens with two attached hydrogens (primary N) is 2. The van der Waals surface area contributed by atoms with Crippen LogP contribution in [0, 0.1) is 0 Å². The molecule has 0 aliphatic carbocycles. The van der Waals surface area contributed by atoms with Crippen molar-refractivity contribution in [2.24, 2.45) is 11.5 Å². The smallest absolute Gasteiger partial charge is 0.326 e. The molecule has 1 aromatic rings. The van der Waals surface area contributed by atoms with Crippen molar-refractivity contribution in [1.29, 1.82) is 0 Å². The molecule has 1 aliphatic rings. The maximum atomic E-state index is 12.3. The maximum Gasteiger partial charge on any atom is 0.326 e. The number of unbranched alkanes of at least 4 members (excludes halogenated alkanes) is 1. The number of nitrogens with one attached hydrogen (secondary N) is 2. The van der Waals surface area contributed by atoms with E-state index in [1.807, 2.05) is 0 Å². The summed E-state index contributed by atoms with van der Waals surface area (Å²) in [6.07, 6.45) is 6.41. The number of hydrogen-bond donors (Lipinski definition) is 5. The largest absolute Gasteiger partial charge is 0.480 e. The summed E-state index contributed by atoms with van der Waals surface area (Å²) in [6, 6.07) is -2.17. The van der Waals surface area contributed by atoms with Crippen LogP contribution in [-0.4, -0.2) is 63.7 Å². The number of imidazole rings is 1. The fraction of sp³-hybridized carbons (Fsp3) is 0.647. The molecule has 1 amide bonds. The Balaban J connectivity index is 1.87. The first-order valence-corrected chi connectivity index (χ1v) is 9.21. The second-order valence-corrected chi connectivity index (χ2v) is 6.75. The molecule has 1 fully saturated rings. The van der Waals surface area contributed by atoms with Crippen molar-refractivity contribution in [3.63, 3.8) is 0 Å². The number of amides is 1. The first kappa shape index (κ1) is 21.0. The van der Waals surface area contributed by atoms with E-state index < -0.39 is 24.0 Å². The van der Waals surface area contributed by atoms with Crippen LogP contribution in [0.2, 0.25) is 0 Å². The average Bonchev–Trinajstić information content (AvgIpc) is 3.32. The van der Waals surface area contributed by atoms with Crippen molar-refractivity contribution < 1.29 is 19.5 Å². The molecule has 2 rings (SSSR count). The highest BCUT2D eigenvalue weighted by Crippen LogP contribution is 2.09. The lowest BCUT2D eigenvalue weighted by Crippen LogP contribution is -2.49. The standard InChI is InChI=1S/C17H28N6O4/c18-6-2-1-4-14(17(26)27)22-15(24)12(19)8-11-9-23(10-21-11)16(25)13-5-3-7-20-13/h9-10,12-14,20H,1-8,18-19H2,(H,22,24)(H,26,27)/t12-,13-,14-/m0/s1. The van der Waals surface area contributed by atoms with E-state index in [1.165, 1.54) is 10.9 Å². The summed E-state index contributed by atoms with van der Waals surface area (Å²) in [4.78, 5) is 39.9. The van der Waals surface area contributed by atoms with Crippen molar-refractivity contribution >= 4 is 17.8 Å². The number of carbonyl (C=O) groups is 3. The third-order valence-electron chi connectivity index (χ3n) is 4.58. The molecule has 10 nitrogen and oxygen atoms in total. The van der Waals surface area contributed by atoms with E-state index in [0.29, 0.717) is 31.5 Å². The molecule has 1 aromatic heterocycles. The van der Waals surface area contributed by atoms with Gasteiger partial charge in [-0.3, -0.25) is 14.2 Å². The molecule has 1 aliphatic heterocycles. The van der Waals surface area contributed by atoms with Gasteiger partial charge in [0.1, 0.15) is 12.4 Å². The summed E-state index contributed by atoms with van der Waals surface area (Å²) in [6.45, 7) is 1.29. The van der Waals surface area contributed by atoms with Crippen molar-refractivity contribution in [3.8, 4) is 0 Å². The van der Waals surface area contributed by atoms with Gasteiger partial charge in [0.05, 0.1) is 17.8 Å². The zero-order chi connectivity index (χ0) is 19.8. The van der Waals surface area contributed by atoms with Crippen molar-refractivity contribution in [3.05, 3.63) is 18.2 Å². The normalized spacial score (nSPS) is 18.8. The molecule has 150 valence electrons. The Bertz CT molecular complexity index is 656. The highest BCUT2D eigenvalue weighted by Gasteiger charge is 2.25. The summed E-state index contributed by atoms with van der Waals surface area (Å²) in [5.41, 5.74) is 11.8. The van der Waals surface area contributed by atoms with Gasteiger partial charge in [-0.1, -0.05) is 0 Å². The molecule has 3 atom stereocenters. The topological polar surface area (TPSA) is 165 Å². The van der Waals surface area contributed by atoms with Gasteiger partial charge < -0.3 is 27.2 Å². The van der Waals surface area contributed by atoms with Crippen LogP contribution < -0.4 is 22.1 Å². The third-order valence-corrected chi connectivity index (χ3v) is 4.58. The lowest BCUT2D eigenvalue weighted by molar-refractivity contribution is -0.142. The van der Waals surface area contributed by atoms with Crippen molar-refractivity contribution in [2.45, 2.75) is 56.7 Å². The molecule has 27 heavy (non-hydrogen) atoms. The molecule has 0 radical (unpaired) electrons. The molecule has 7 N–H and O–H groups in total. The van der Waals surface area contributed by atoms with E-state index in [9.17, 15) is 19.5 Å². The van der Waals surface area contributed by atoms with E-state index in [0.717, 1.165) is 19.4 Å². The lowest BCUT2D eigenvalue weighted by atomic mass is 10.1. The second-order valence-electron chi connectivity index (χ2n) is 6.75. The van der Waals surface area contributed by atoms with Gasteiger partial charge in [-0.2, -0.15) is 0 Å². The Morgan fingerprint density at radius 1 is 1.41 bits per heavy atom. The predicted octanol–water partition coefficient (Wildman–Crippen LogP) is -1.16. The van der Waals surface area contributed by atoms with Gasteiger partial charge in [0.15, 0.2) is 0 Å². The lowest BCUT2D eigenvalue weighted by Gasteiger charge is -2.17. The number of carboxylic acid groups (broad SMARTS) is 1. The van der Waals surface area contributed by atoms with Crippen LogP contribution in [0.25, 0.3) is 0 Å². The number of carboxylic acids is 1. The SMILES string of the molecule is NCCCC[C@H](NC(=O)[C@@H](N)Cc1cn(C(=O)[C@@H]2CCCN2)cn1)C(=O)O. The molecular weight excluding hydrogens is 352 g/mol. The van der Waals surface area contributed by atoms with E-state index in [1.54, 1.807) is 6.20 Å². The molecule has 0 spiro atoms. The van der Waals surface area contributed by atoms with Crippen LogP contribution in [0.5, 0.6) is 0 Å². The third kappa shape index (κ3) is 6.12. The molecule has 0 aromatic carbocycles. The minimum Gasteiger partial charge on any atom is -0.480 e. The van der Waals surface area contributed by atoms with Gasteiger partial charge in [0.2, 0.25) is 11.8 Å². The van der Waals surface area contributed by atoms with Gasteiger partial charge in [0, 0.05) is 12.6 Å². The summed E-state index contributed by atoms with van der Waals surface area (Å²) >= 11 is 0. The number of carbonyl (C=O) groups excluding carboxylic acids is 2. The molecule has 0 bridgehead atoms. The van der Waals surface area contributed by atoms with Gasteiger partial charge in [0.25, 0.3) is 0 Å². The Morgan fingerprint density at radius 2 is 2.19 bits per heavy atom.